The van der Waals surface area contributed by atoms with Gasteiger partial charge in [0.05, 0.1) is 25.9 Å². The van der Waals surface area contributed by atoms with Crippen molar-refractivity contribution in [3.05, 3.63) is 84.4 Å². The maximum absolute atomic E-state index is 10.3. The van der Waals surface area contributed by atoms with Crippen LogP contribution >= 0.6 is 0 Å². The molecule has 0 heterocycles. The molecule has 0 fully saturated rings. The first-order valence-corrected chi connectivity index (χ1v) is 11.0. The highest BCUT2D eigenvalue weighted by molar-refractivity contribution is 5.21. The summed E-state index contributed by atoms with van der Waals surface area (Å²) in [7, 11) is 0. The lowest BCUT2D eigenvalue weighted by Gasteiger charge is -2.46. The second-order valence-corrected chi connectivity index (χ2v) is 8.35. The molecule has 0 aliphatic carbocycles. The Morgan fingerprint density at radius 3 is 1.87 bits per heavy atom. The van der Waals surface area contributed by atoms with Gasteiger partial charge in [-0.2, -0.15) is 5.06 Å². The SMILES string of the molecule is C=CCCCC(ON(C(c1ccccc1)C(C)C)C(CO)(CO)CO)c1ccccc1. The summed E-state index contributed by atoms with van der Waals surface area (Å²) < 4.78 is 0. The zero-order chi connectivity index (χ0) is 22.7. The van der Waals surface area contributed by atoms with Gasteiger partial charge in [0.15, 0.2) is 0 Å². The van der Waals surface area contributed by atoms with Crippen molar-refractivity contribution in [3.63, 3.8) is 0 Å². The van der Waals surface area contributed by atoms with E-state index >= 15 is 0 Å². The molecule has 2 aromatic rings. The zero-order valence-corrected chi connectivity index (χ0v) is 18.7. The number of unbranched alkanes of at least 4 members (excludes halogenated alkanes) is 1. The van der Waals surface area contributed by atoms with Gasteiger partial charge in [-0.1, -0.05) is 80.6 Å². The lowest BCUT2D eigenvalue weighted by Crippen LogP contribution is -2.59. The number of allylic oxidation sites excluding steroid dienone is 1. The van der Waals surface area contributed by atoms with Gasteiger partial charge in [0.1, 0.15) is 11.6 Å². The van der Waals surface area contributed by atoms with Crippen LogP contribution in [0.2, 0.25) is 0 Å². The van der Waals surface area contributed by atoms with Crippen molar-refractivity contribution < 1.29 is 20.2 Å². The smallest absolute Gasteiger partial charge is 0.116 e. The van der Waals surface area contributed by atoms with E-state index in [1.165, 1.54) is 0 Å². The fourth-order valence-corrected chi connectivity index (χ4v) is 3.81. The van der Waals surface area contributed by atoms with Crippen molar-refractivity contribution in [1.82, 2.24) is 5.06 Å². The highest BCUT2D eigenvalue weighted by atomic mass is 16.7. The molecule has 170 valence electrons. The molecule has 0 spiro atoms. The predicted octanol–water partition coefficient (Wildman–Crippen LogP) is 4.43. The summed E-state index contributed by atoms with van der Waals surface area (Å²) in [5.41, 5.74) is 0.668. The van der Waals surface area contributed by atoms with Gasteiger partial charge >= 0.3 is 0 Å². The average Bonchev–Trinajstić information content (AvgIpc) is 2.81. The van der Waals surface area contributed by atoms with Gasteiger partial charge in [-0.15, -0.1) is 6.58 Å². The fourth-order valence-electron chi connectivity index (χ4n) is 3.81. The molecule has 0 radical (unpaired) electrons. The Morgan fingerprint density at radius 1 is 0.903 bits per heavy atom. The van der Waals surface area contributed by atoms with E-state index in [0.717, 1.165) is 30.4 Å². The van der Waals surface area contributed by atoms with Gasteiger partial charge in [-0.3, -0.25) is 4.84 Å². The molecule has 2 rings (SSSR count). The minimum absolute atomic E-state index is 0.0935. The second kappa shape index (κ2) is 12.7. The van der Waals surface area contributed by atoms with Crippen molar-refractivity contribution >= 4 is 0 Å². The molecule has 0 aromatic heterocycles. The van der Waals surface area contributed by atoms with Crippen LogP contribution in [0.15, 0.2) is 73.3 Å². The monoisotopic (exact) mass is 427 g/mol. The number of hydrogen-bond acceptors (Lipinski definition) is 5. The molecule has 0 saturated carbocycles. The minimum Gasteiger partial charge on any atom is -0.394 e. The molecule has 3 N–H and O–H groups in total. The van der Waals surface area contributed by atoms with Crippen LogP contribution in [-0.2, 0) is 4.84 Å². The van der Waals surface area contributed by atoms with Crippen LogP contribution in [-0.4, -0.2) is 45.7 Å². The fraction of sp³-hybridized carbons (Fsp3) is 0.462. The summed E-state index contributed by atoms with van der Waals surface area (Å²) in [6.45, 7) is 6.63. The molecule has 5 nitrogen and oxygen atoms in total. The Bertz CT molecular complexity index is 738. The van der Waals surface area contributed by atoms with E-state index in [-0.39, 0.29) is 18.1 Å². The number of hydrogen-bond donors (Lipinski definition) is 3. The van der Waals surface area contributed by atoms with E-state index in [9.17, 15) is 15.3 Å². The molecule has 0 aliphatic heterocycles. The van der Waals surface area contributed by atoms with Crippen molar-refractivity contribution in [2.45, 2.75) is 50.8 Å². The Kier molecular flexibility index (Phi) is 10.4. The normalized spacial score (nSPS) is 14.0. The van der Waals surface area contributed by atoms with Crippen LogP contribution in [0.5, 0.6) is 0 Å². The third-order valence-corrected chi connectivity index (χ3v) is 5.66. The van der Waals surface area contributed by atoms with Gasteiger partial charge in [-0.25, -0.2) is 0 Å². The van der Waals surface area contributed by atoms with E-state index in [2.05, 4.69) is 20.4 Å². The highest BCUT2D eigenvalue weighted by Gasteiger charge is 2.44. The number of aliphatic hydroxyl groups excluding tert-OH is 3. The first-order chi connectivity index (χ1) is 15.0. The van der Waals surface area contributed by atoms with Crippen molar-refractivity contribution in [2.24, 2.45) is 5.92 Å². The van der Waals surface area contributed by atoms with Crippen LogP contribution in [0.25, 0.3) is 0 Å². The third kappa shape index (κ3) is 6.48. The topological polar surface area (TPSA) is 73.2 Å². The zero-order valence-electron chi connectivity index (χ0n) is 18.7. The van der Waals surface area contributed by atoms with Gasteiger partial charge in [0, 0.05) is 0 Å². The molecule has 0 aliphatic rings. The molecule has 0 bridgehead atoms. The molecule has 0 amide bonds. The molecule has 2 atom stereocenters. The Labute approximate surface area is 186 Å². The van der Waals surface area contributed by atoms with Crippen molar-refractivity contribution in [2.75, 3.05) is 19.8 Å². The quantitative estimate of drug-likeness (QED) is 0.236. The number of benzene rings is 2. The summed E-state index contributed by atoms with van der Waals surface area (Å²) >= 11 is 0. The maximum atomic E-state index is 10.3. The highest BCUT2D eigenvalue weighted by Crippen LogP contribution is 2.38. The lowest BCUT2D eigenvalue weighted by atomic mass is 9.91. The van der Waals surface area contributed by atoms with E-state index in [0.29, 0.717) is 0 Å². The number of hydroxylamine groups is 2. The number of rotatable bonds is 14. The van der Waals surface area contributed by atoms with Crippen molar-refractivity contribution in [1.29, 1.82) is 0 Å². The standard InChI is InChI=1S/C26H37NO4/c1-4-5-8-17-24(22-13-9-6-10-14-22)31-27(26(18-28,19-29)20-30)25(21(2)3)23-15-11-7-12-16-23/h4,6-7,9-16,21,24-25,28-30H,1,5,8,17-20H2,2-3H3. The molecule has 0 saturated heterocycles. The van der Waals surface area contributed by atoms with E-state index < -0.39 is 25.4 Å². The summed E-state index contributed by atoms with van der Waals surface area (Å²) in [6.07, 6.45) is 4.09. The molecular formula is C26H37NO4. The van der Waals surface area contributed by atoms with Crippen LogP contribution in [0.1, 0.15) is 56.4 Å². The Balaban J connectivity index is 2.52. The molecular weight excluding hydrogens is 390 g/mol. The predicted molar refractivity (Wildman–Crippen MR) is 124 cm³/mol. The summed E-state index contributed by atoms with van der Waals surface area (Å²) in [5, 5.41) is 32.5. The van der Waals surface area contributed by atoms with E-state index in [1.807, 2.05) is 66.7 Å². The third-order valence-electron chi connectivity index (χ3n) is 5.66. The first kappa shape index (κ1) is 25.2. The minimum atomic E-state index is -1.34. The lowest BCUT2D eigenvalue weighted by molar-refractivity contribution is -0.307. The van der Waals surface area contributed by atoms with E-state index in [4.69, 9.17) is 4.84 Å². The molecule has 31 heavy (non-hydrogen) atoms. The van der Waals surface area contributed by atoms with Crippen LogP contribution in [0, 0.1) is 5.92 Å². The van der Waals surface area contributed by atoms with Gasteiger partial charge in [0.2, 0.25) is 0 Å². The van der Waals surface area contributed by atoms with E-state index in [1.54, 1.807) is 5.06 Å². The second-order valence-electron chi connectivity index (χ2n) is 8.35. The average molecular weight is 428 g/mol. The molecule has 2 unspecified atom stereocenters. The summed E-state index contributed by atoms with van der Waals surface area (Å²) in [5.74, 6) is 0.0935. The first-order valence-electron chi connectivity index (χ1n) is 11.0. The maximum Gasteiger partial charge on any atom is 0.116 e. The summed E-state index contributed by atoms with van der Waals surface area (Å²) in [4.78, 5) is 6.62. The van der Waals surface area contributed by atoms with Crippen LogP contribution in [0.4, 0.5) is 0 Å². The Hall–Kier alpha value is -2.02. The number of nitrogens with zero attached hydrogens (tertiary/aromatic N) is 1. The molecule has 5 heteroatoms. The summed E-state index contributed by atoms with van der Waals surface area (Å²) in [6, 6.07) is 19.5. The molecule has 2 aromatic carbocycles. The Morgan fingerprint density at radius 2 is 1.42 bits per heavy atom. The van der Waals surface area contributed by atoms with Gasteiger partial charge in [-0.05, 0) is 36.3 Å². The van der Waals surface area contributed by atoms with Crippen LogP contribution < -0.4 is 0 Å². The van der Waals surface area contributed by atoms with Gasteiger partial charge < -0.3 is 15.3 Å². The number of aliphatic hydroxyl groups is 3. The largest absolute Gasteiger partial charge is 0.394 e. The van der Waals surface area contributed by atoms with Gasteiger partial charge in [0.25, 0.3) is 0 Å². The van der Waals surface area contributed by atoms with Crippen LogP contribution in [0.3, 0.4) is 0 Å². The van der Waals surface area contributed by atoms with Crippen molar-refractivity contribution in [3.8, 4) is 0 Å².